The van der Waals surface area contributed by atoms with Gasteiger partial charge in [-0.05, 0) is 23.3 Å². The van der Waals surface area contributed by atoms with Gasteiger partial charge in [-0.3, -0.25) is 4.79 Å². The molecular weight excluding hydrogens is 342 g/mol. The molecule has 2 aromatic rings. The summed E-state index contributed by atoms with van der Waals surface area (Å²) in [6.45, 7) is 4.75. The number of carbonyl (C=O) groups is 1. The molecule has 1 aromatic heterocycles. The Morgan fingerprint density at radius 3 is 2.41 bits per heavy atom. The molecular formula is C20H23N5O2. The fraction of sp³-hybridized carbons (Fsp3) is 0.400. The van der Waals surface area contributed by atoms with E-state index in [0.717, 1.165) is 16.9 Å². The number of aromatic nitrogens is 2. The van der Waals surface area contributed by atoms with Crippen LogP contribution in [-0.2, 0) is 11.2 Å². The highest BCUT2D eigenvalue weighted by Crippen LogP contribution is 2.17. The van der Waals surface area contributed by atoms with Crippen LogP contribution in [0.25, 0.3) is 0 Å². The van der Waals surface area contributed by atoms with Crippen LogP contribution in [0.3, 0.4) is 0 Å². The van der Waals surface area contributed by atoms with Gasteiger partial charge >= 0.3 is 0 Å². The lowest BCUT2D eigenvalue weighted by Gasteiger charge is -2.35. The number of anilines is 1. The van der Waals surface area contributed by atoms with Gasteiger partial charge in [0.1, 0.15) is 6.07 Å². The molecule has 1 amide bonds. The minimum absolute atomic E-state index is 0.105. The van der Waals surface area contributed by atoms with E-state index >= 15 is 0 Å². The summed E-state index contributed by atoms with van der Waals surface area (Å²) in [7, 11) is 0. The monoisotopic (exact) mass is 365 g/mol. The Balaban J connectivity index is 1.53. The average Bonchev–Trinajstić information content (AvgIpc) is 2.74. The second kappa shape index (κ2) is 8.60. The molecule has 1 atom stereocenters. The van der Waals surface area contributed by atoms with Crippen LogP contribution < -0.4 is 4.90 Å². The summed E-state index contributed by atoms with van der Waals surface area (Å²) in [6, 6.07) is 13.3. The first-order valence-electron chi connectivity index (χ1n) is 9.07. The van der Waals surface area contributed by atoms with Crippen LogP contribution in [0.2, 0.25) is 0 Å². The molecule has 0 saturated carbocycles. The maximum Gasteiger partial charge on any atom is 0.227 e. The van der Waals surface area contributed by atoms with Gasteiger partial charge in [0.15, 0.2) is 11.5 Å². The van der Waals surface area contributed by atoms with E-state index in [4.69, 9.17) is 5.26 Å². The Labute approximate surface area is 158 Å². The topological polar surface area (TPSA) is 93.3 Å². The lowest BCUT2D eigenvalue weighted by Crippen LogP contribution is -2.49. The number of hydrogen-bond acceptors (Lipinski definition) is 6. The Bertz CT molecular complexity index is 806. The molecule has 1 saturated heterocycles. The van der Waals surface area contributed by atoms with Gasteiger partial charge < -0.3 is 14.9 Å². The molecule has 7 nitrogen and oxygen atoms in total. The van der Waals surface area contributed by atoms with Crippen molar-refractivity contribution in [1.29, 1.82) is 5.26 Å². The third kappa shape index (κ3) is 4.60. The standard InChI is InChI=1S/C20H23N5O2/c1-15(14-26)17-4-2-16(3-5-17)12-20(27)25-10-8-24(9-11-25)19-7-6-18(13-21)22-23-19/h2-7,15,26H,8-12,14H2,1H3/t15-/m0/s1. The predicted molar refractivity (Wildman–Crippen MR) is 101 cm³/mol. The smallest absolute Gasteiger partial charge is 0.227 e. The van der Waals surface area contributed by atoms with Crippen LogP contribution in [0.1, 0.15) is 29.7 Å². The molecule has 1 fully saturated rings. The molecule has 140 valence electrons. The van der Waals surface area contributed by atoms with Gasteiger partial charge in [-0.2, -0.15) is 5.26 Å². The van der Waals surface area contributed by atoms with Gasteiger partial charge in [0.05, 0.1) is 6.42 Å². The van der Waals surface area contributed by atoms with Crippen molar-refractivity contribution in [2.75, 3.05) is 37.7 Å². The number of piperazine rings is 1. The van der Waals surface area contributed by atoms with Crippen LogP contribution in [0.4, 0.5) is 5.82 Å². The van der Waals surface area contributed by atoms with Crippen molar-refractivity contribution < 1.29 is 9.90 Å². The van der Waals surface area contributed by atoms with E-state index in [0.29, 0.717) is 38.3 Å². The summed E-state index contributed by atoms with van der Waals surface area (Å²) in [5, 5.41) is 25.9. The molecule has 0 aliphatic carbocycles. The molecule has 27 heavy (non-hydrogen) atoms. The maximum absolute atomic E-state index is 12.6. The Hall–Kier alpha value is -2.98. The van der Waals surface area contributed by atoms with E-state index in [1.54, 1.807) is 12.1 Å². The zero-order chi connectivity index (χ0) is 19.2. The second-order valence-electron chi connectivity index (χ2n) is 6.76. The summed E-state index contributed by atoms with van der Waals surface area (Å²) >= 11 is 0. The molecule has 1 aliphatic heterocycles. The highest BCUT2D eigenvalue weighted by Gasteiger charge is 2.22. The first-order valence-corrected chi connectivity index (χ1v) is 9.07. The fourth-order valence-corrected chi connectivity index (χ4v) is 3.09. The normalized spacial score (nSPS) is 15.3. The van der Waals surface area contributed by atoms with Crippen LogP contribution >= 0.6 is 0 Å². The van der Waals surface area contributed by atoms with Gasteiger partial charge in [-0.25, -0.2) is 0 Å². The highest BCUT2D eigenvalue weighted by atomic mass is 16.3. The fourth-order valence-electron chi connectivity index (χ4n) is 3.09. The van der Waals surface area contributed by atoms with Crippen LogP contribution in [0.5, 0.6) is 0 Å². The number of aliphatic hydroxyl groups is 1. The van der Waals surface area contributed by atoms with Crippen LogP contribution in [0.15, 0.2) is 36.4 Å². The first-order chi connectivity index (χ1) is 13.1. The van der Waals surface area contributed by atoms with Gasteiger partial charge in [0.2, 0.25) is 5.91 Å². The SMILES string of the molecule is C[C@@H](CO)c1ccc(CC(=O)N2CCN(c3ccc(C#N)nn3)CC2)cc1. The quantitative estimate of drug-likeness (QED) is 0.859. The van der Waals surface area contributed by atoms with Crippen molar-refractivity contribution in [1.82, 2.24) is 15.1 Å². The third-order valence-corrected chi connectivity index (χ3v) is 4.90. The van der Waals surface area contributed by atoms with E-state index in [-0.39, 0.29) is 18.4 Å². The Kier molecular flexibility index (Phi) is 5.99. The molecule has 0 unspecified atom stereocenters. The molecule has 0 radical (unpaired) electrons. The zero-order valence-corrected chi connectivity index (χ0v) is 15.4. The molecule has 1 aromatic carbocycles. The van der Waals surface area contributed by atoms with E-state index in [1.807, 2.05) is 42.2 Å². The predicted octanol–water partition coefficient (Wildman–Crippen LogP) is 1.34. The van der Waals surface area contributed by atoms with Gasteiger partial charge in [0, 0.05) is 38.7 Å². The molecule has 3 rings (SSSR count). The van der Waals surface area contributed by atoms with Crippen molar-refractivity contribution in [3.63, 3.8) is 0 Å². The largest absolute Gasteiger partial charge is 0.396 e. The number of nitrogens with zero attached hydrogens (tertiary/aromatic N) is 5. The van der Waals surface area contributed by atoms with Crippen LogP contribution in [0, 0.1) is 11.3 Å². The highest BCUT2D eigenvalue weighted by molar-refractivity contribution is 5.79. The summed E-state index contributed by atoms with van der Waals surface area (Å²) in [5.41, 5.74) is 2.35. The molecule has 0 spiro atoms. The van der Waals surface area contributed by atoms with E-state index in [9.17, 15) is 9.90 Å². The second-order valence-corrected chi connectivity index (χ2v) is 6.76. The van der Waals surface area contributed by atoms with E-state index in [2.05, 4.69) is 15.1 Å². The molecule has 1 N–H and O–H groups in total. The van der Waals surface area contributed by atoms with E-state index < -0.39 is 0 Å². The minimum Gasteiger partial charge on any atom is -0.396 e. The minimum atomic E-state index is 0.105. The number of aliphatic hydroxyl groups excluding tert-OH is 1. The zero-order valence-electron chi connectivity index (χ0n) is 15.4. The van der Waals surface area contributed by atoms with Crippen molar-refractivity contribution in [2.45, 2.75) is 19.3 Å². The van der Waals surface area contributed by atoms with Crippen molar-refractivity contribution in [3.8, 4) is 6.07 Å². The van der Waals surface area contributed by atoms with Gasteiger partial charge in [0.25, 0.3) is 0 Å². The van der Waals surface area contributed by atoms with E-state index in [1.165, 1.54) is 0 Å². The summed E-state index contributed by atoms with van der Waals surface area (Å²) in [5.74, 6) is 0.950. The third-order valence-electron chi connectivity index (χ3n) is 4.90. The molecule has 7 heteroatoms. The summed E-state index contributed by atoms with van der Waals surface area (Å²) < 4.78 is 0. The number of rotatable bonds is 5. The van der Waals surface area contributed by atoms with Crippen molar-refractivity contribution in [2.24, 2.45) is 0 Å². The Morgan fingerprint density at radius 1 is 1.15 bits per heavy atom. The molecule has 0 bridgehead atoms. The Morgan fingerprint density at radius 2 is 1.85 bits per heavy atom. The maximum atomic E-state index is 12.6. The lowest BCUT2D eigenvalue weighted by molar-refractivity contribution is -0.130. The number of hydrogen-bond donors (Lipinski definition) is 1. The van der Waals surface area contributed by atoms with Gasteiger partial charge in [-0.15, -0.1) is 10.2 Å². The van der Waals surface area contributed by atoms with Crippen molar-refractivity contribution in [3.05, 3.63) is 53.2 Å². The van der Waals surface area contributed by atoms with Crippen molar-refractivity contribution >= 4 is 11.7 Å². The number of carbonyl (C=O) groups excluding carboxylic acids is 1. The number of nitriles is 1. The summed E-state index contributed by atoms with van der Waals surface area (Å²) in [4.78, 5) is 16.5. The van der Waals surface area contributed by atoms with Crippen LogP contribution in [-0.4, -0.2) is 58.9 Å². The average molecular weight is 365 g/mol. The van der Waals surface area contributed by atoms with Gasteiger partial charge in [-0.1, -0.05) is 31.2 Å². The lowest BCUT2D eigenvalue weighted by atomic mass is 10.00. The number of benzene rings is 1. The molecule has 1 aliphatic rings. The molecule has 2 heterocycles. The summed E-state index contributed by atoms with van der Waals surface area (Å²) in [6.07, 6.45) is 0.379. The number of amides is 1. The first kappa shape index (κ1) is 18.8.